The predicted molar refractivity (Wildman–Crippen MR) is 150 cm³/mol. The first-order valence-electron chi connectivity index (χ1n) is 11.9. The molecule has 0 saturated carbocycles. The molecule has 2 amide bonds. The molecule has 39 heavy (non-hydrogen) atoms. The van der Waals surface area contributed by atoms with Crippen molar-refractivity contribution < 1.29 is 33.3 Å². The van der Waals surface area contributed by atoms with E-state index in [0.29, 0.717) is 22.6 Å². The molecule has 0 bridgehead atoms. The summed E-state index contributed by atoms with van der Waals surface area (Å²) in [5, 5.41) is -0.289. The smallest absolute Gasteiger partial charge is 0.343 e. The van der Waals surface area contributed by atoms with Crippen molar-refractivity contribution in [2.75, 3.05) is 27.4 Å². The lowest BCUT2D eigenvalue weighted by atomic mass is 10.1. The van der Waals surface area contributed by atoms with E-state index in [2.05, 4.69) is 0 Å². The van der Waals surface area contributed by atoms with Crippen LogP contribution in [0.4, 0.5) is 4.79 Å². The number of halogens is 1. The highest BCUT2D eigenvalue weighted by Gasteiger charge is 2.35. The highest BCUT2D eigenvalue weighted by atomic mass is 35.5. The van der Waals surface area contributed by atoms with Gasteiger partial charge in [-0.3, -0.25) is 14.5 Å². The molecule has 0 radical (unpaired) electrons. The quantitative estimate of drug-likeness (QED) is 0.169. The Bertz CT molecular complexity index is 1450. The first kappa shape index (κ1) is 28.1. The summed E-state index contributed by atoms with van der Waals surface area (Å²) in [6.07, 6.45) is 1.54. The van der Waals surface area contributed by atoms with Gasteiger partial charge in [0.05, 0.1) is 36.3 Å². The first-order valence-corrected chi connectivity index (χ1v) is 13.1. The van der Waals surface area contributed by atoms with Crippen LogP contribution in [0.3, 0.4) is 0 Å². The average Bonchev–Trinajstić information content (AvgIpc) is 3.19. The van der Waals surface area contributed by atoms with E-state index in [0.717, 1.165) is 27.8 Å². The number of imide groups is 1. The lowest BCUT2D eigenvalue weighted by Crippen LogP contribution is -2.32. The Morgan fingerprint density at radius 1 is 0.974 bits per heavy atom. The van der Waals surface area contributed by atoms with Gasteiger partial charge in [0.25, 0.3) is 11.1 Å². The summed E-state index contributed by atoms with van der Waals surface area (Å²) in [5.74, 6) is 0.483. The fraction of sp³-hybridized carbons (Fsp3) is 0.207. The number of hydrogen-bond acceptors (Lipinski definition) is 8. The molecule has 1 heterocycles. The normalized spacial score (nSPS) is 14.1. The third kappa shape index (κ3) is 6.55. The van der Waals surface area contributed by atoms with Crippen LogP contribution in [0.15, 0.2) is 59.5 Å². The molecule has 0 aromatic heterocycles. The topological polar surface area (TPSA) is 91.4 Å². The second-order valence-corrected chi connectivity index (χ2v) is 10.0. The number of esters is 1. The van der Waals surface area contributed by atoms with Crippen molar-refractivity contribution in [1.29, 1.82) is 0 Å². The highest BCUT2D eigenvalue weighted by molar-refractivity contribution is 8.18. The first-order chi connectivity index (χ1) is 18.7. The lowest BCUT2D eigenvalue weighted by Gasteiger charge is -2.14. The number of nitrogens with zero attached hydrogens (tertiary/aromatic N) is 1. The van der Waals surface area contributed by atoms with E-state index in [4.69, 9.17) is 30.5 Å². The van der Waals surface area contributed by atoms with E-state index >= 15 is 0 Å². The van der Waals surface area contributed by atoms with Gasteiger partial charge in [0.1, 0.15) is 18.1 Å². The predicted octanol–water partition coefficient (Wildman–Crippen LogP) is 6.31. The summed E-state index contributed by atoms with van der Waals surface area (Å²) in [4.78, 5) is 39.5. The number of amides is 2. The molecule has 202 valence electrons. The lowest BCUT2D eigenvalue weighted by molar-refractivity contribution is -0.123. The number of rotatable bonds is 9. The molecule has 1 fully saturated rings. The Morgan fingerprint density at radius 2 is 1.72 bits per heavy atom. The second kappa shape index (κ2) is 12.3. The van der Waals surface area contributed by atoms with Crippen LogP contribution >= 0.6 is 23.4 Å². The molecule has 1 aliphatic rings. The summed E-state index contributed by atoms with van der Waals surface area (Å²) >= 11 is 7.26. The van der Waals surface area contributed by atoms with E-state index in [-0.39, 0.29) is 39.8 Å². The fourth-order valence-electron chi connectivity index (χ4n) is 3.75. The number of carbonyl (C=O) groups excluding carboxylic acids is 3. The highest BCUT2D eigenvalue weighted by Crippen LogP contribution is 2.39. The van der Waals surface area contributed by atoms with E-state index in [1.807, 2.05) is 32.0 Å². The maximum absolute atomic E-state index is 13.0. The molecule has 0 N–H and O–H groups in total. The molecule has 1 saturated heterocycles. The molecular formula is C29H26ClNO7S. The Kier molecular flexibility index (Phi) is 8.83. The zero-order valence-electron chi connectivity index (χ0n) is 21.8. The van der Waals surface area contributed by atoms with Crippen molar-refractivity contribution >= 4 is 46.6 Å². The number of benzene rings is 3. The summed E-state index contributed by atoms with van der Waals surface area (Å²) < 4.78 is 21.8. The SMILES string of the molecule is COc1ccc(C(=O)Oc2c(Cl)cc(/C=C3\SC(=O)N(CCOc4cc(C)ccc4C)C3=O)cc2OC)cc1. The third-order valence-electron chi connectivity index (χ3n) is 5.86. The van der Waals surface area contributed by atoms with Crippen LogP contribution in [0, 0.1) is 13.8 Å². The van der Waals surface area contributed by atoms with E-state index < -0.39 is 11.9 Å². The largest absolute Gasteiger partial charge is 0.497 e. The van der Waals surface area contributed by atoms with Crippen molar-refractivity contribution in [3.05, 3.63) is 86.8 Å². The molecule has 10 heteroatoms. The number of carbonyl (C=O) groups is 3. The van der Waals surface area contributed by atoms with E-state index in [1.54, 1.807) is 36.4 Å². The molecule has 8 nitrogen and oxygen atoms in total. The Balaban J connectivity index is 1.46. The van der Waals surface area contributed by atoms with Gasteiger partial charge in [-0.2, -0.15) is 0 Å². The van der Waals surface area contributed by atoms with Crippen LogP contribution in [-0.2, 0) is 4.79 Å². The minimum absolute atomic E-state index is 0.0360. The van der Waals surface area contributed by atoms with Crippen molar-refractivity contribution in [3.8, 4) is 23.0 Å². The van der Waals surface area contributed by atoms with Gasteiger partial charge < -0.3 is 18.9 Å². The number of methoxy groups -OCH3 is 2. The van der Waals surface area contributed by atoms with Gasteiger partial charge in [-0.1, -0.05) is 23.7 Å². The van der Waals surface area contributed by atoms with Crippen molar-refractivity contribution in [1.82, 2.24) is 4.90 Å². The molecule has 1 aliphatic heterocycles. The summed E-state index contributed by atoms with van der Waals surface area (Å²) in [6.45, 7) is 4.18. The minimum Gasteiger partial charge on any atom is -0.497 e. The molecule has 0 aliphatic carbocycles. The monoisotopic (exact) mass is 567 g/mol. The number of thioether (sulfide) groups is 1. The van der Waals surface area contributed by atoms with Crippen LogP contribution in [0.1, 0.15) is 27.0 Å². The van der Waals surface area contributed by atoms with Gasteiger partial charge >= 0.3 is 5.97 Å². The zero-order valence-corrected chi connectivity index (χ0v) is 23.4. The van der Waals surface area contributed by atoms with Crippen molar-refractivity contribution in [2.45, 2.75) is 13.8 Å². The van der Waals surface area contributed by atoms with Crippen LogP contribution in [-0.4, -0.2) is 49.4 Å². The molecule has 3 aromatic rings. The maximum Gasteiger partial charge on any atom is 0.343 e. The standard InChI is InChI=1S/C29H26ClNO7S/c1-17-5-6-18(2)23(13-17)37-12-11-31-27(32)25(39-29(31)34)16-19-14-22(30)26(24(15-19)36-4)38-28(33)20-7-9-21(35-3)10-8-20/h5-10,13-16H,11-12H2,1-4H3/b25-16-. The zero-order chi connectivity index (χ0) is 28.1. The third-order valence-corrected chi connectivity index (χ3v) is 7.05. The van der Waals surface area contributed by atoms with Gasteiger partial charge in [0.2, 0.25) is 0 Å². The van der Waals surface area contributed by atoms with E-state index in [9.17, 15) is 14.4 Å². The maximum atomic E-state index is 13.0. The van der Waals surface area contributed by atoms with Crippen LogP contribution in [0.5, 0.6) is 23.0 Å². The van der Waals surface area contributed by atoms with Crippen LogP contribution < -0.4 is 18.9 Å². The van der Waals surface area contributed by atoms with Gasteiger partial charge in [-0.15, -0.1) is 0 Å². The molecule has 4 rings (SSSR count). The van der Waals surface area contributed by atoms with Gasteiger partial charge in [-0.25, -0.2) is 4.79 Å². The number of hydrogen-bond donors (Lipinski definition) is 0. The molecule has 0 spiro atoms. The average molecular weight is 568 g/mol. The summed E-state index contributed by atoms with van der Waals surface area (Å²) in [6, 6.07) is 15.4. The van der Waals surface area contributed by atoms with Gasteiger partial charge in [0, 0.05) is 0 Å². The Labute approximate surface area is 235 Å². The fourth-order valence-corrected chi connectivity index (χ4v) is 4.88. The molecule has 0 unspecified atom stereocenters. The van der Waals surface area contributed by atoms with Crippen molar-refractivity contribution in [2.24, 2.45) is 0 Å². The van der Waals surface area contributed by atoms with Gasteiger partial charge in [0.15, 0.2) is 11.5 Å². The Hall–Kier alpha value is -3.95. The second-order valence-electron chi connectivity index (χ2n) is 8.60. The number of ether oxygens (including phenoxy) is 4. The molecule has 3 aromatic carbocycles. The van der Waals surface area contributed by atoms with Gasteiger partial charge in [-0.05, 0) is 90.8 Å². The molecular weight excluding hydrogens is 542 g/mol. The summed E-state index contributed by atoms with van der Waals surface area (Å²) in [7, 11) is 2.94. The van der Waals surface area contributed by atoms with E-state index in [1.165, 1.54) is 20.3 Å². The minimum atomic E-state index is -0.630. The summed E-state index contributed by atoms with van der Waals surface area (Å²) in [5.41, 5.74) is 2.82. The van der Waals surface area contributed by atoms with Crippen LogP contribution in [0.2, 0.25) is 5.02 Å². The van der Waals surface area contributed by atoms with Crippen molar-refractivity contribution in [3.63, 3.8) is 0 Å². The van der Waals surface area contributed by atoms with Crippen LogP contribution in [0.25, 0.3) is 6.08 Å². The molecule has 0 atom stereocenters. The Morgan fingerprint density at radius 3 is 2.41 bits per heavy atom. The number of aryl methyl sites for hydroxylation is 2.